The summed E-state index contributed by atoms with van der Waals surface area (Å²) in [4.78, 5) is 21.7. The molecule has 0 aliphatic carbocycles. The zero-order valence-electron chi connectivity index (χ0n) is 14.2. The first-order valence-corrected chi connectivity index (χ1v) is 8.69. The van der Waals surface area contributed by atoms with Crippen molar-refractivity contribution in [1.82, 2.24) is 25.2 Å². The van der Waals surface area contributed by atoms with E-state index in [4.69, 9.17) is 0 Å². The average Bonchev–Trinajstić information content (AvgIpc) is 3.03. The molecule has 2 rings (SSSR count). The number of nitrogens with one attached hydrogen (secondary N) is 2. The molecule has 0 saturated carbocycles. The molecule has 2 amide bonds. The number of carbonyl (C=O) groups is 1. The van der Waals surface area contributed by atoms with E-state index >= 15 is 0 Å². The fraction of sp³-hybridized carbons (Fsp3) is 0.562. The van der Waals surface area contributed by atoms with Gasteiger partial charge >= 0.3 is 6.03 Å². The highest BCUT2D eigenvalue weighted by molar-refractivity contribution is 7.11. The monoisotopic (exact) mass is 335 g/mol. The first-order valence-electron chi connectivity index (χ1n) is 7.88. The SMILES string of the molecule is Cc1nc(CCNC(=O)NC[C@H](C)Cn2ccnc2C)sc1C. The van der Waals surface area contributed by atoms with Crippen molar-refractivity contribution in [2.45, 2.75) is 40.7 Å². The third-order valence-electron chi connectivity index (χ3n) is 3.74. The summed E-state index contributed by atoms with van der Waals surface area (Å²) in [6.45, 7) is 10.3. The Bertz CT molecular complexity index is 629. The van der Waals surface area contributed by atoms with E-state index in [1.165, 1.54) is 4.88 Å². The minimum absolute atomic E-state index is 0.121. The normalized spacial score (nSPS) is 12.2. The number of hydrogen-bond acceptors (Lipinski definition) is 4. The van der Waals surface area contributed by atoms with E-state index in [-0.39, 0.29) is 6.03 Å². The molecule has 0 bridgehead atoms. The second-order valence-corrected chi connectivity index (χ2v) is 7.16. The molecule has 0 radical (unpaired) electrons. The van der Waals surface area contributed by atoms with Gasteiger partial charge in [0.2, 0.25) is 0 Å². The Labute approximate surface area is 141 Å². The second kappa shape index (κ2) is 8.10. The van der Waals surface area contributed by atoms with Gasteiger partial charge in [0, 0.05) is 43.3 Å². The highest BCUT2D eigenvalue weighted by atomic mass is 32.1. The van der Waals surface area contributed by atoms with Gasteiger partial charge in [-0.15, -0.1) is 11.3 Å². The predicted octanol–water partition coefficient (Wildman–Crippen LogP) is 2.44. The van der Waals surface area contributed by atoms with Crippen LogP contribution in [-0.4, -0.2) is 33.7 Å². The Morgan fingerprint density at radius 2 is 2.13 bits per heavy atom. The molecule has 2 aromatic rings. The summed E-state index contributed by atoms with van der Waals surface area (Å²) in [6.07, 6.45) is 4.53. The molecular formula is C16H25N5OS. The van der Waals surface area contributed by atoms with Gasteiger partial charge in [-0.1, -0.05) is 6.92 Å². The fourth-order valence-corrected chi connectivity index (χ4v) is 3.19. The Morgan fingerprint density at radius 1 is 1.35 bits per heavy atom. The van der Waals surface area contributed by atoms with E-state index in [0.717, 1.165) is 29.5 Å². The molecule has 23 heavy (non-hydrogen) atoms. The number of thiazole rings is 1. The van der Waals surface area contributed by atoms with Gasteiger partial charge in [0.25, 0.3) is 0 Å². The Morgan fingerprint density at radius 3 is 2.74 bits per heavy atom. The molecule has 0 unspecified atom stereocenters. The second-order valence-electron chi connectivity index (χ2n) is 5.87. The van der Waals surface area contributed by atoms with Crippen LogP contribution >= 0.6 is 11.3 Å². The van der Waals surface area contributed by atoms with Crippen molar-refractivity contribution in [1.29, 1.82) is 0 Å². The van der Waals surface area contributed by atoms with Crippen LogP contribution in [0.4, 0.5) is 4.79 Å². The summed E-state index contributed by atoms with van der Waals surface area (Å²) < 4.78 is 2.09. The molecule has 2 N–H and O–H groups in total. The van der Waals surface area contributed by atoms with Crippen molar-refractivity contribution in [3.63, 3.8) is 0 Å². The molecule has 2 heterocycles. The molecule has 7 heteroatoms. The van der Waals surface area contributed by atoms with Gasteiger partial charge in [0.1, 0.15) is 5.82 Å². The fourth-order valence-electron chi connectivity index (χ4n) is 2.26. The van der Waals surface area contributed by atoms with Crippen LogP contribution in [0.2, 0.25) is 0 Å². The zero-order chi connectivity index (χ0) is 16.8. The number of nitrogens with zero attached hydrogens (tertiary/aromatic N) is 3. The highest BCUT2D eigenvalue weighted by Gasteiger charge is 2.08. The molecule has 2 aromatic heterocycles. The van der Waals surface area contributed by atoms with E-state index in [1.54, 1.807) is 17.5 Å². The summed E-state index contributed by atoms with van der Waals surface area (Å²) in [5.74, 6) is 1.34. The highest BCUT2D eigenvalue weighted by Crippen LogP contribution is 2.16. The molecule has 0 spiro atoms. The van der Waals surface area contributed by atoms with Crippen LogP contribution in [0.3, 0.4) is 0 Å². The number of rotatable bonds is 7. The number of carbonyl (C=O) groups excluding carboxylic acids is 1. The van der Waals surface area contributed by atoms with Crippen LogP contribution in [0.5, 0.6) is 0 Å². The smallest absolute Gasteiger partial charge is 0.314 e. The molecule has 126 valence electrons. The van der Waals surface area contributed by atoms with E-state index in [9.17, 15) is 4.79 Å². The van der Waals surface area contributed by atoms with E-state index in [2.05, 4.69) is 39.0 Å². The third-order valence-corrected chi connectivity index (χ3v) is 4.87. The maximum absolute atomic E-state index is 11.8. The number of amides is 2. The quantitative estimate of drug-likeness (QED) is 0.816. The minimum atomic E-state index is -0.121. The Kier molecular flexibility index (Phi) is 6.15. The first-order chi connectivity index (χ1) is 11.0. The summed E-state index contributed by atoms with van der Waals surface area (Å²) in [6, 6.07) is -0.121. The van der Waals surface area contributed by atoms with Crippen LogP contribution < -0.4 is 10.6 Å². The number of aryl methyl sites for hydroxylation is 3. The van der Waals surface area contributed by atoms with Gasteiger partial charge in [-0.3, -0.25) is 0 Å². The number of imidazole rings is 1. The van der Waals surface area contributed by atoms with Gasteiger partial charge in [-0.05, 0) is 26.7 Å². The molecule has 0 fully saturated rings. The maximum atomic E-state index is 11.8. The van der Waals surface area contributed by atoms with Crippen LogP contribution in [0, 0.1) is 26.7 Å². The third kappa shape index (κ3) is 5.35. The number of aromatic nitrogens is 3. The average molecular weight is 335 g/mol. The van der Waals surface area contributed by atoms with Crippen molar-refractivity contribution in [2.75, 3.05) is 13.1 Å². The molecule has 1 atom stereocenters. The lowest BCUT2D eigenvalue weighted by molar-refractivity contribution is 0.238. The van der Waals surface area contributed by atoms with Crippen LogP contribution in [0.25, 0.3) is 0 Å². The van der Waals surface area contributed by atoms with Gasteiger partial charge < -0.3 is 15.2 Å². The number of hydrogen-bond donors (Lipinski definition) is 2. The summed E-state index contributed by atoms with van der Waals surface area (Å²) in [5.41, 5.74) is 1.08. The Hall–Kier alpha value is -1.89. The summed E-state index contributed by atoms with van der Waals surface area (Å²) in [5, 5.41) is 6.87. The maximum Gasteiger partial charge on any atom is 0.314 e. The number of urea groups is 1. The molecule has 0 saturated heterocycles. The van der Waals surface area contributed by atoms with Crippen LogP contribution in [0.1, 0.15) is 28.3 Å². The van der Waals surface area contributed by atoms with Crippen molar-refractivity contribution in [2.24, 2.45) is 5.92 Å². The molecule has 6 nitrogen and oxygen atoms in total. The molecule has 0 aliphatic rings. The zero-order valence-corrected chi connectivity index (χ0v) is 15.0. The Balaban J connectivity index is 1.64. The van der Waals surface area contributed by atoms with E-state index < -0.39 is 0 Å². The minimum Gasteiger partial charge on any atom is -0.338 e. The van der Waals surface area contributed by atoms with Gasteiger partial charge in [-0.2, -0.15) is 0 Å². The first kappa shape index (κ1) is 17.5. The van der Waals surface area contributed by atoms with E-state index in [0.29, 0.717) is 19.0 Å². The molecule has 0 aliphatic heterocycles. The lowest BCUT2D eigenvalue weighted by atomic mass is 10.2. The molecular weight excluding hydrogens is 310 g/mol. The summed E-state index contributed by atoms with van der Waals surface area (Å²) >= 11 is 1.70. The van der Waals surface area contributed by atoms with Crippen molar-refractivity contribution >= 4 is 17.4 Å². The van der Waals surface area contributed by atoms with E-state index in [1.807, 2.05) is 20.0 Å². The standard InChI is InChI=1S/C16H25N5OS/c1-11(10-21-8-7-17-14(21)4)9-19-16(22)18-6-5-15-20-12(2)13(3)23-15/h7-8,11H,5-6,9-10H2,1-4H3,(H2,18,19,22)/t11-/m0/s1. The molecule has 0 aromatic carbocycles. The topological polar surface area (TPSA) is 71.8 Å². The largest absolute Gasteiger partial charge is 0.338 e. The predicted molar refractivity (Wildman–Crippen MR) is 92.8 cm³/mol. The lowest BCUT2D eigenvalue weighted by Gasteiger charge is -2.14. The van der Waals surface area contributed by atoms with Gasteiger partial charge in [-0.25, -0.2) is 14.8 Å². The summed E-state index contributed by atoms with van der Waals surface area (Å²) in [7, 11) is 0. The van der Waals surface area contributed by atoms with Crippen molar-refractivity contribution < 1.29 is 4.79 Å². The van der Waals surface area contributed by atoms with Crippen molar-refractivity contribution in [3.05, 3.63) is 33.8 Å². The van der Waals surface area contributed by atoms with Gasteiger partial charge in [0.05, 0.1) is 10.7 Å². The van der Waals surface area contributed by atoms with Crippen LogP contribution in [0.15, 0.2) is 12.4 Å². The lowest BCUT2D eigenvalue weighted by Crippen LogP contribution is -2.39. The van der Waals surface area contributed by atoms with Gasteiger partial charge in [0.15, 0.2) is 0 Å². The van der Waals surface area contributed by atoms with Crippen molar-refractivity contribution in [3.8, 4) is 0 Å². The van der Waals surface area contributed by atoms with Crippen LogP contribution in [-0.2, 0) is 13.0 Å².